The monoisotopic (exact) mass is 252 g/mol. The van der Waals surface area contributed by atoms with Crippen LogP contribution in [0.15, 0.2) is 0 Å². The van der Waals surface area contributed by atoms with Crippen molar-refractivity contribution >= 4 is 25.6 Å². The molecule has 0 saturated heterocycles. The molecule has 3 N–H and O–H groups in total. The van der Waals surface area contributed by atoms with Gasteiger partial charge in [0.1, 0.15) is 0 Å². The Morgan fingerprint density at radius 3 is 1.75 bits per heavy atom. The molecule has 0 bridgehead atoms. The van der Waals surface area contributed by atoms with Crippen LogP contribution < -0.4 is 0 Å². The molecular weight excluding hydrogens is 243 g/mol. The molecule has 16 heavy (non-hydrogen) atoms. The molecule has 0 aliphatic rings. The van der Waals surface area contributed by atoms with Gasteiger partial charge < -0.3 is 15.3 Å². The predicted molar refractivity (Wildman–Crippen MR) is 47.7 cm³/mol. The molecule has 0 aliphatic heterocycles. The molecule has 0 heterocycles. The molecule has 0 saturated carbocycles. The molecule has 90 valence electrons. The highest BCUT2D eigenvalue weighted by Crippen LogP contribution is 2.27. The minimum Gasteiger partial charge on any atom is -0.481 e. The van der Waals surface area contributed by atoms with E-state index >= 15 is 0 Å². The molecule has 2 unspecified atom stereocenters. The standard InChI is InChI=1S/C7H9O8P/c8-4(9)2-1-3(6(10)11)5(7(12)13)16(14)15/h3,5H,1-2H2,(H,8,9)(H,10,11)(H,12,13). The molecule has 0 rings (SSSR count). The van der Waals surface area contributed by atoms with Gasteiger partial charge in [-0.3, -0.25) is 14.4 Å². The summed E-state index contributed by atoms with van der Waals surface area (Å²) >= 11 is 0. The first-order chi connectivity index (χ1) is 7.27. The van der Waals surface area contributed by atoms with E-state index < -0.39 is 50.0 Å². The molecule has 0 radical (unpaired) electrons. The zero-order valence-corrected chi connectivity index (χ0v) is 8.79. The normalized spacial score (nSPS) is 13.8. The Balaban J connectivity index is 4.93. The Morgan fingerprint density at radius 1 is 1.00 bits per heavy atom. The van der Waals surface area contributed by atoms with Crippen molar-refractivity contribution in [2.24, 2.45) is 5.92 Å². The van der Waals surface area contributed by atoms with Gasteiger partial charge in [0.25, 0.3) is 0 Å². The van der Waals surface area contributed by atoms with Gasteiger partial charge in [-0.05, 0) is 6.42 Å². The number of hydrogen-bond donors (Lipinski definition) is 3. The van der Waals surface area contributed by atoms with Crippen molar-refractivity contribution in [1.29, 1.82) is 0 Å². The van der Waals surface area contributed by atoms with Crippen molar-refractivity contribution in [2.75, 3.05) is 0 Å². The second kappa shape index (κ2) is 6.02. The quantitative estimate of drug-likeness (QED) is 0.543. The summed E-state index contributed by atoms with van der Waals surface area (Å²) < 4.78 is 21.2. The van der Waals surface area contributed by atoms with Crippen LogP contribution in [0.2, 0.25) is 0 Å². The first kappa shape index (κ1) is 14.3. The lowest BCUT2D eigenvalue weighted by Crippen LogP contribution is -2.31. The van der Waals surface area contributed by atoms with E-state index in [-0.39, 0.29) is 0 Å². The van der Waals surface area contributed by atoms with E-state index in [0.717, 1.165) is 0 Å². The molecule has 2 atom stereocenters. The second-order valence-electron chi connectivity index (χ2n) is 2.95. The van der Waals surface area contributed by atoms with E-state index in [4.69, 9.17) is 15.3 Å². The van der Waals surface area contributed by atoms with Crippen LogP contribution in [0.25, 0.3) is 0 Å². The Labute approximate surface area is 89.7 Å². The van der Waals surface area contributed by atoms with Crippen LogP contribution in [-0.4, -0.2) is 38.9 Å². The topological polar surface area (TPSA) is 146 Å². The number of hydrogen-bond acceptors (Lipinski definition) is 5. The summed E-state index contributed by atoms with van der Waals surface area (Å²) in [4.78, 5) is 31.4. The van der Waals surface area contributed by atoms with Crippen LogP contribution in [-0.2, 0) is 23.5 Å². The number of carboxylic acids is 3. The Hall–Kier alpha value is -1.69. The van der Waals surface area contributed by atoms with Crippen molar-refractivity contribution < 1.29 is 38.8 Å². The van der Waals surface area contributed by atoms with Gasteiger partial charge in [-0.1, -0.05) is 0 Å². The van der Waals surface area contributed by atoms with Crippen molar-refractivity contribution in [3.8, 4) is 0 Å². The largest absolute Gasteiger partial charge is 0.481 e. The van der Waals surface area contributed by atoms with Crippen LogP contribution in [0, 0.1) is 5.92 Å². The van der Waals surface area contributed by atoms with Crippen LogP contribution in [0.5, 0.6) is 0 Å². The molecule has 0 aliphatic carbocycles. The summed E-state index contributed by atoms with van der Waals surface area (Å²) in [5.74, 6) is -6.52. The van der Waals surface area contributed by atoms with Crippen molar-refractivity contribution in [2.45, 2.75) is 18.5 Å². The van der Waals surface area contributed by atoms with Gasteiger partial charge in [0.15, 0.2) is 5.66 Å². The van der Waals surface area contributed by atoms with Crippen LogP contribution >= 0.6 is 7.68 Å². The summed E-state index contributed by atoms with van der Waals surface area (Å²) in [5.41, 5.74) is -2.10. The average molecular weight is 252 g/mol. The van der Waals surface area contributed by atoms with Crippen LogP contribution in [0.3, 0.4) is 0 Å². The molecule has 0 aromatic carbocycles. The highest BCUT2D eigenvalue weighted by Gasteiger charge is 2.38. The third-order valence-electron chi connectivity index (χ3n) is 1.85. The van der Waals surface area contributed by atoms with E-state index in [1.54, 1.807) is 0 Å². The van der Waals surface area contributed by atoms with Crippen molar-refractivity contribution in [3.05, 3.63) is 0 Å². The highest BCUT2D eigenvalue weighted by molar-refractivity contribution is 7.33. The minimum absolute atomic E-state index is 0.551. The van der Waals surface area contributed by atoms with Crippen molar-refractivity contribution in [1.82, 2.24) is 0 Å². The van der Waals surface area contributed by atoms with E-state index in [1.807, 2.05) is 0 Å². The number of aliphatic carboxylic acids is 3. The Bertz CT molecular complexity index is 363. The molecular formula is C7H9O8P. The molecule has 0 aromatic heterocycles. The molecule has 0 fully saturated rings. The molecule has 0 amide bonds. The summed E-state index contributed by atoms with van der Waals surface area (Å²) in [6, 6.07) is 0. The lowest BCUT2D eigenvalue weighted by molar-refractivity contribution is -0.148. The SMILES string of the molecule is O=C(O)CCC(C(=O)O)C(C(=O)O)P(=O)=O. The third kappa shape index (κ3) is 4.22. The fraction of sp³-hybridized carbons (Fsp3) is 0.571. The predicted octanol–water partition coefficient (Wildman–Crippen LogP) is 0.178. The minimum atomic E-state index is -3.48. The summed E-state index contributed by atoms with van der Waals surface area (Å²) in [5, 5.41) is 25.5. The third-order valence-corrected chi connectivity index (χ3v) is 2.88. The summed E-state index contributed by atoms with van der Waals surface area (Å²) in [6.07, 6.45) is -1.16. The fourth-order valence-corrected chi connectivity index (χ4v) is 1.86. The smallest absolute Gasteiger partial charge is 0.331 e. The highest BCUT2D eigenvalue weighted by atomic mass is 31.1. The maximum absolute atomic E-state index is 10.6. The van der Waals surface area contributed by atoms with E-state index in [9.17, 15) is 23.5 Å². The van der Waals surface area contributed by atoms with Gasteiger partial charge in [-0.2, -0.15) is 0 Å². The van der Waals surface area contributed by atoms with Crippen LogP contribution in [0.4, 0.5) is 0 Å². The number of carbonyl (C=O) groups is 3. The van der Waals surface area contributed by atoms with Gasteiger partial charge in [0.05, 0.1) is 5.92 Å². The van der Waals surface area contributed by atoms with E-state index in [1.165, 1.54) is 0 Å². The second-order valence-corrected chi connectivity index (χ2v) is 4.07. The number of carboxylic acid groups (broad SMARTS) is 3. The Kier molecular flexibility index (Phi) is 5.38. The van der Waals surface area contributed by atoms with Gasteiger partial charge >= 0.3 is 25.6 Å². The molecule has 0 spiro atoms. The van der Waals surface area contributed by atoms with Crippen LogP contribution in [0.1, 0.15) is 12.8 Å². The summed E-state index contributed by atoms with van der Waals surface area (Å²) in [7, 11) is -3.48. The molecule has 8 nitrogen and oxygen atoms in total. The fourth-order valence-electron chi connectivity index (χ4n) is 1.10. The average Bonchev–Trinajstić information content (AvgIpc) is 2.09. The zero-order valence-electron chi connectivity index (χ0n) is 7.90. The maximum atomic E-state index is 10.6. The molecule has 9 heteroatoms. The van der Waals surface area contributed by atoms with Gasteiger partial charge in [0.2, 0.25) is 0 Å². The van der Waals surface area contributed by atoms with E-state index in [2.05, 4.69) is 0 Å². The maximum Gasteiger partial charge on any atom is 0.331 e. The van der Waals surface area contributed by atoms with Gasteiger partial charge in [0, 0.05) is 6.42 Å². The zero-order chi connectivity index (χ0) is 12.9. The summed E-state index contributed by atoms with van der Waals surface area (Å²) in [6.45, 7) is 0. The van der Waals surface area contributed by atoms with E-state index in [0.29, 0.717) is 0 Å². The lowest BCUT2D eigenvalue weighted by atomic mass is 9.99. The first-order valence-electron chi connectivity index (χ1n) is 4.08. The Morgan fingerprint density at radius 2 is 1.50 bits per heavy atom. The van der Waals surface area contributed by atoms with Gasteiger partial charge in [-0.15, -0.1) is 0 Å². The molecule has 0 aromatic rings. The lowest BCUT2D eigenvalue weighted by Gasteiger charge is -2.12. The van der Waals surface area contributed by atoms with Crippen molar-refractivity contribution in [3.63, 3.8) is 0 Å². The first-order valence-corrected chi connectivity index (χ1v) is 5.33. The van der Waals surface area contributed by atoms with Gasteiger partial charge in [-0.25, -0.2) is 9.13 Å². The number of rotatable bonds is 7.